The molecule has 13 heteroatoms. The maximum absolute atomic E-state index is 13.2. The predicted molar refractivity (Wildman–Crippen MR) is 150 cm³/mol. The molecule has 1 atom stereocenters. The topological polar surface area (TPSA) is 125 Å². The molecule has 1 saturated heterocycles. The predicted octanol–water partition coefficient (Wildman–Crippen LogP) is 4.91. The van der Waals surface area contributed by atoms with Crippen LogP contribution in [0.2, 0.25) is 0 Å². The average molecular weight is 607 g/mol. The first kappa shape index (κ1) is 30.8. The summed E-state index contributed by atoms with van der Waals surface area (Å²) >= 11 is 0. The molecule has 2 aromatic rings. The number of ether oxygens (including phenoxy) is 1. The van der Waals surface area contributed by atoms with E-state index >= 15 is 0 Å². The van der Waals surface area contributed by atoms with E-state index in [4.69, 9.17) is 24.8 Å². The molecule has 1 amide bonds. The molecule has 0 unspecified atom stereocenters. The van der Waals surface area contributed by atoms with Crippen molar-refractivity contribution < 1.29 is 42.5 Å². The van der Waals surface area contributed by atoms with Crippen molar-refractivity contribution in [2.45, 2.75) is 89.1 Å². The molecule has 10 nitrogen and oxygen atoms in total. The minimum absolute atomic E-state index is 0.104. The Hall–Kier alpha value is -3.61. The summed E-state index contributed by atoms with van der Waals surface area (Å²) in [4.78, 5) is 37.2. The van der Waals surface area contributed by atoms with Crippen LogP contribution in [0.3, 0.4) is 0 Å². The van der Waals surface area contributed by atoms with Gasteiger partial charge in [-0.15, -0.1) is 0 Å². The quantitative estimate of drug-likeness (QED) is 0.456. The van der Waals surface area contributed by atoms with Crippen LogP contribution in [0.1, 0.15) is 69.9 Å². The fourth-order valence-corrected chi connectivity index (χ4v) is 5.89. The van der Waals surface area contributed by atoms with Crippen molar-refractivity contribution in [3.8, 4) is 16.9 Å². The van der Waals surface area contributed by atoms with Gasteiger partial charge in [0.1, 0.15) is 5.75 Å². The number of piperidine rings is 1. The number of hydrogen-bond acceptors (Lipinski definition) is 6. The van der Waals surface area contributed by atoms with Gasteiger partial charge in [-0.25, -0.2) is 4.79 Å². The van der Waals surface area contributed by atoms with Crippen molar-refractivity contribution in [1.29, 1.82) is 0 Å². The van der Waals surface area contributed by atoms with Gasteiger partial charge in [-0.05, 0) is 76.8 Å². The molecule has 234 valence electrons. The highest BCUT2D eigenvalue weighted by molar-refractivity contribution is 5.99. The number of carbonyl (C=O) groups is 3. The number of halogens is 3. The standard InChI is InChI=1S/C28H36N4O4.C2HF3O2/c1-18-5-8-24-25(32(18)28(35)19-6-7-19)10-9-23(27(24)36-22-3-2-4-22)20-15-29-31(16-20)21-11-13-30(14-12-21)17-26(33)34;3-2(4,5)1(6)7/h9-10,15-16,18-19,21-22H,2-8,11-14,17H2,1H3,(H,33,34);(H,6,7)/t18-;/m0./s1. The molecule has 2 N–H and O–H groups in total. The first-order chi connectivity index (χ1) is 20.4. The normalized spacial score (nSPS) is 21.3. The number of aliphatic carboxylic acids is 2. The second-order valence-electron chi connectivity index (χ2n) is 11.9. The summed E-state index contributed by atoms with van der Waals surface area (Å²) in [5.41, 5.74) is 4.30. The van der Waals surface area contributed by atoms with E-state index in [1.165, 1.54) is 12.0 Å². The minimum Gasteiger partial charge on any atom is -0.489 e. The van der Waals surface area contributed by atoms with Crippen molar-refractivity contribution in [1.82, 2.24) is 14.7 Å². The molecular weight excluding hydrogens is 569 g/mol. The Morgan fingerprint density at radius 3 is 2.26 bits per heavy atom. The molecule has 43 heavy (non-hydrogen) atoms. The van der Waals surface area contributed by atoms with Gasteiger partial charge in [0.05, 0.1) is 30.6 Å². The number of nitrogens with zero attached hydrogens (tertiary/aromatic N) is 4. The lowest BCUT2D eigenvalue weighted by atomic mass is 9.91. The molecule has 2 aliphatic heterocycles. The summed E-state index contributed by atoms with van der Waals surface area (Å²) in [6, 6.07) is 4.72. The maximum atomic E-state index is 13.2. The van der Waals surface area contributed by atoms with Gasteiger partial charge in [0, 0.05) is 47.9 Å². The fourth-order valence-electron chi connectivity index (χ4n) is 5.89. The number of carbonyl (C=O) groups excluding carboxylic acids is 1. The molecule has 1 aromatic heterocycles. The molecule has 0 spiro atoms. The lowest BCUT2D eigenvalue weighted by Gasteiger charge is -2.38. The number of aromatic nitrogens is 2. The molecular formula is C30H37F3N4O6. The zero-order valence-electron chi connectivity index (χ0n) is 24.1. The van der Waals surface area contributed by atoms with Crippen molar-refractivity contribution in [3.63, 3.8) is 0 Å². The number of benzene rings is 1. The number of fused-ring (bicyclic) bond motifs is 1. The van der Waals surface area contributed by atoms with E-state index in [2.05, 4.69) is 25.3 Å². The van der Waals surface area contributed by atoms with E-state index in [-0.39, 0.29) is 36.6 Å². The van der Waals surface area contributed by atoms with Crippen LogP contribution in [-0.4, -0.2) is 80.7 Å². The summed E-state index contributed by atoms with van der Waals surface area (Å²) in [5.74, 6) is -2.13. The molecule has 0 radical (unpaired) electrons. The molecule has 3 heterocycles. The Kier molecular flexibility index (Phi) is 9.00. The first-order valence-corrected chi connectivity index (χ1v) is 14.9. The highest BCUT2D eigenvalue weighted by Crippen LogP contribution is 2.46. The van der Waals surface area contributed by atoms with Crippen LogP contribution in [-0.2, 0) is 20.8 Å². The Bertz CT molecular complexity index is 1350. The number of likely N-dealkylation sites (tertiary alicyclic amines) is 1. The van der Waals surface area contributed by atoms with Gasteiger partial charge in [-0.3, -0.25) is 19.2 Å². The highest BCUT2D eigenvalue weighted by atomic mass is 19.4. The third kappa shape index (κ3) is 7.14. The highest BCUT2D eigenvalue weighted by Gasteiger charge is 2.40. The number of hydrogen-bond donors (Lipinski definition) is 2. The number of amides is 1. The number of alkyl halides is 3. The van der Waals surface area contributed by atoms with Crippen LogP contribution in [0.5, 0.6) is 5.75 Å². The summed E-state index contributed by atoms with van der Waals surface area (Å²) in [7, 11) is 0. The third-order valence-corrected chi connectivity index (χ3v) is 8.69. The molecule has 2 aliphatic carbocycles. The second-order valence-corrected chi connectivity index (χ2v) is 11.9. The lowest BCUT2D eigenvalue weighted by molar-refractivity contribution is -0.192. The summed E-state index contributed by atoms with van der Waals surface area (Å²) in [5, 5.41) is 20.9. The maximum Gasteiger partial charge on any atom is 0.490 e. The monoisotopic (exact) mass is 606 g/mol. The van der Waals surface area contributed by atoms with E-state index in [0.717, 1.165) is 87.0 Å². The number of rotatable bonds is 7. The first-order valence-electron chi connectivity index (χ1n) is 14.9. The van der Waals surface area contributed by atoms with E-state index in [1.807, 2.05) is 20.7 Å². The molecule has 3 fully saturated rings. The van der Waals surface area contributed by atoms with Crippen molar-refractivity contribution >= 4 is 23.5 Å². The van der Waals surface area contributed by atoms with Crippen LogP contribution < -0.4 is 9.64 Å². The number of carboxylic acids is 2. The molecule has 0 bridgehead atoms. The van der Waals surface area contributed by atoms with Gasteiger partial charge in [-0.2, -0.15) is 18.3 Å². The Morgan fingerprint density at radius 1 is 1.02 bits per heavy atom. The molecule has 4 aliphatic rings. The van der Waals surface area contributed by atoms with Crippen LogP contribution in [0, 0.1) is 5.92 Å². The van der Waals surface area contributed by atoms with E-state index in [1.54, 1.807) is 0 Å². The SMILES string of the molecule is C[C@H]1CCc2c(ccc(-c3cnn(C4CCN(CC(=O)O)CC4)c3)c2OC2CCC2)N1C(=O)C1CC1.O=C(O)C(F)(F)F. The summed E-state index contributed by atoms with van der Waals surface area (Å²) in [6.45, 7) is 3.80. The van der Waals surface area contributed by atoms with Crippen molar-refractivity contribution in [2.24, 2.45) is 5.92 Å². The third-order valence-electron chi connectivity index (χ3n) is 8.69. The molecule has 1 aromatic carbocycles. The number of carboxylic acid groups (broad SMARTS) is 2. The van der Waals surface area contributed by atoms with Crippen LogP contribution >= 0.6 is 0 Å². The lowest BCUT2D eigenvalue weighted by Crippen LogP contribution is -2.43. The van der Waals surface area contributed by atoms with Crippen LogP contribution in [0.25, 0.3) is 11.1 Å². The van der Waals surface area contributed by atoms with E-state index < -0.39 is 18.1 Å². The largest absolute Gasteiger partial charge is 0.490 e. The Morgan fingerprint density at radius 2 is 1.70 bits per heavy atom. The Balaban J connectivity index is 0.000000472. The van der Waals surface area contributed by atoms with Crippen molar-refractivity contribution in [3.05, 3.63) is 30.1 Å². The van der Waals surface area contributed by atoms with Gasteiger partial charge in [-0.1, -0.05) is 0 Å². The van der Waals surface area contributed by atoms with Crippen LogP contribution in [0.15, 0.2) is 24.5 Å². The summed E-state index contributed by atoms with van der Waals surface area (Å²) in [6.07, 6.45) is 8.23. The number of anilines is 1. The molecule has 2 saturated carbocycles. The average Bonchev–Trinajstić information content (AvgIpc) is 3.67. The Labute approximate surface area is 247 Å². The smallest absolute Gasteiger partial charge is 0.489 e. The summed E-state index contributed by atoms with van der Waals surface area (Å²) < 4.78 is 40.4. The van der Waals surface area contributed by atoms with Gasteiger partial charge in [0.15, 0.2) is 0 Å². The van der Waals surface area contributed by atoms with E-state index in [9.17, 15) is 22.8 Å². The second kappa shape index (κ2) is 12.6. The van der Waals surface area contributed by atoms with Gasteiger partial charge < -0.3 is 19.8 Å². The zero-order valence-corrected chi connectivity index (χ0v) is 24.1. The van der Waals surface area contributed by atoms with Gasteiger partial charge in [0.2, 0.25) is 5.91 Å². The molecule has 6 rings (SSSR count). The van der Waals surface area contributed by atoms with Gasteiger partial charge >= 0.3 is 18.1 Å². The fraction of sp³-hybridized carbons (Fsp3) is 0.600. The van der Waals surface area contributed by atoms with Gasteiger partial charge in [0.25, 0.3) is 0 Å². The van der Waals surface area contributed by atoms with E-state index in [0.29, 0.717) is 0 Å². The minimum atomic E-state index is -5.08. The zero-order chi connectivity index (χ0) is 30.9. The van der Waals surface area contributed by atoms with Crippen LogP contribution in [0.4, 0.5) is 18.9 Å². The van der Waals surface area contributed by atoms with Crippen molar-refractivity contribution in [2.75, 3.05) is 24.5 Å².